The molecule has 0 aromatic carbocycles. The predicted octanol–water partition coefficient (Wildman–Crippen LogP) is 3.94. The molecule has 0 aromatic heterocycles. The predicted molar refractivity (Wildman–Crippen MR) is 61.4 cm³/mol. The van der Waals surface area contributed by atoms with Crippen LogP contribution in [0.15, 0.2) is 11.6 Å². The summed E-state index contributed by atoms with van der Waals surface area (Å²) in [6.45, 7) is 6.80. The summed E-state index contributed by atoms with van der Waals surface area (Å²) in [4.78, 5) is 0. The zero-order valence-electron chi connectivity index (χ0n) is 10.1. The van der Waals surface area contributed by atoms with Crippen molar-refractivity contribution in [1.29, 1.82) is 0 Å². The monoisotopic (exact) mass is 196 g/mol. The van der Waals surface area contributed by atoms with Crippen molar-refractivity contribution in [2.24, 2.45) is 5.41 Å². The zero-order chi connectivity index (χ0) is 10.6. The third-order valence-corrected chi connectivity index (χ3v) is 3.67. The van der Waals surface area contributed by atoms with Crippen LogP contribution in [-0.4, -0.2) is 13.2 Å². The van der Waals surface area contributed by atoms with Gasteiger partial charge in [-0.1, -0.05) is 18.6 Å². The zero-order valence-corrected chi connectivity index (χ0v) is 10.1. The molecule has 0 heterocycles. The quantitative estimate of drug-likeness (QED) is 0.621. The average Bonchev–Trinajstić information content (AvgIpc) is 2.18. The molecule has 82 valence electrons. The van der Waals surface area contributed by atoms with Crippen molar-refractivity contribution >= 4 is 0 Å². The van der Waals surface area contributed by atoms with Crippen molar-refractivity contribution in [2.45, 2.75) is 59.0 Å². The summed E-state index contributed by atoms with van der Waals surface area (Å²) in [6, 6.07) is 0. The molecule has 0 saturated heterocycles. The minimum atomic E-state index is 0.522. The summed E-state index contributed by atoms with van der Waals surface area (Å²) in [5.41, 5.74) is 2.06. The van der Waals surface area contributed by atoms with Gasteiger partial charge in [0.2, 0.25) is 0 Å². The molecule has 0 amide bonds. The number of methoxy groups -OCH3 is 1. The van der Waals surface area contributed by atoms with Crippen LogP contribution >= 0.6 is 0 Å². The van der Waals surface area contributed by atoms with E-state index in [4.69, 9.17) is 4.74 Å². The van der Waals surface area contributed by atoms with Crippen LogP contribution < -0.4 is 0 Å². The first-order chi connectivity index (χ1) is 6.59. The first-order valence-electron chi connectivity index (χ1n) is 5.74. The molecule has 0 bridgehead atoms. The largest absolute Gasteiger partial charge is 0.381 e. The third kappa shape index (κ3) is 3.13. The molecule has 1 nitrogen and oxygen atoms in total. The van der Waals surface area contributed by atoms with Crippen LogP contribution in [0.2, 0.25) is 0 Å². The fraction of sp³-hybridized carbons (Fsp3) is 0.846. The van der Waals surface area contributed by atoms with Gasteiger partial charge in [0.05, 0.1) is 6.10 Å². The molecule has 14 heavy (non-hydrogen) atoms. The van der Waals surface area contributed by atoms with Gasteiger partial charge in [0.25, 0.3) is 0 Å². The van der Waals surface area contributed by atoms with Crippen molar-refractivity contribution in [3.63, 3.8) is 0 Å². The van der Waals surface area contributed by atoms with Gasteiger partial charge in [-0.15, -0.1) is 0 Å². The molecule has 0 radical (unpaired) electrons. The first-order valence-corrected chi connectivity index (χ1v) is 5.74. The van der Waals surface area contributed by atoms with Gasteiger partial charge in [0.1, 0.15) is 0 Å². The Bertz CT molecular complexity index is 197. The SMILES string of the molecule is C/C=C(\C)CC1(C)CCC(OC)CC1. The molecule has 1 saturated carbocycles. The van der Waals surface area contributed by atoms with Crippen molar-refractivity contribution in [3.8, 4) is 0 Å². The second-order valence-corrected chi connectivity index (χ2v) is 5.06. The Labute approximate surface area is 88.5 Å². The molecule has 0 unspecified atom stereocenters. The highest BCUT2D eigenvalue weighted by molar-refractivity contribution is 5.01. The van der Waals surface area contributed by atoms with E-state index in [9.17, 15) is 0 Å². The lowest BCUT2D eigenvalue weighted by molar-refractivity contribution is 0.0325. The topological polar surface area (TPSA) is 9.23 Å². The number of hydrogen-bond acceptors (Lipinski definition) is 1. The minimum absolute atomic E-state index is 0.522. The van der Waals surface area contributed by atoms with Crippen LogP contribution in [0.5, 0.6) is 0 Å². The Morgan fingerprint density at radius 2 is 2.00 bits per heavy atom. The number of rotatable bonds is 3. The molecule has 0 aromatic rings. The van der Waals surface area contributed by atoms with Gasteiger partial charge in [-0.2, -0.15) is 0 Å². The Kier molecular flexibility index (Phi) is 4.18. The summed E-state index contributed by atoms with van der Waals surface area (Å²) in [6.07, 6.45) is 9.14. The van der Waals surface area contributed by atoms with Gasteiger partial charge in [0, 0.05) is 7.11 Å². The highest BCUT2D eigenvalue weighted by Gasteiger charge is 2.30. The van der Waals surface area contributed by atoms with Crippen LogP contribution in [0, 0.1) is 5.41 Å². The maximum absolute atomic E-state index is 5.40. The Morgan fingerprint density at radius 1 is 1.43 bits per heavy atom. The molecule has 1 aliphatic rings. The van der Waals surface area contributed by atoms with Crippen LogP contribution in [-0.2, 0) is 4.74 Å². The van der Waals surface area contributed by atoms with Gasteiger partial charge in [-0.25, -0.2) is 0 Å². The molecule has 0 aliphatic heterocycles. The van der Waals surface area contributed by atoms with E-state index in [-0.39, 0.29) is 0 Å². The van der Waals surface area contributed by atoms with E-state index in [2.05, 4.69) is 26.8 Å². The maximum atomic E-state index is 5.40. The van der Waals surface area contributed by atoms with Crippen molar-refractivity contribution in [2.75, 3.05) is 7.11 Å². The molecule has 1 heteroatoms. The van der Waals surface area contributed by atoms with Gasteiger partial charge >= 0.3 is 0 Å². The van der Waals surface area contributed by atoms with E-state index in [1.165, 1.54) is 37.7 Å². The number of allylic oxidation sites excluding steroid dienone is 2. The molecule has 0 atom stereocenters. The van der Waals surface area contributed by atoms with Gasteiger partial charge in [-0.3, -0.25) is 0 Å². The highest BCUT2D eigenvalue weighted by Crippen LogP contribution is 2.41. The van der Waals surface area contributed by atoms with E-state index in [0.717, 1.165) is 0 Å². The molecular formula is C13H24O. The number of ether oxygens (including phenoxy) is 1. The van der Waals surface area contributed by atoms with Crippen molar-refractivity contribution in [3.05, 3.63) is 11.6 Å². The smallest absolute Gasteiger partial charge is 0.0571 e. The van der Waals surface area contributed by atoms with Crippen molar-refractivity contribution < 1.29 is 4.74 Å². The second kappa shape index (κ2) is 4.97. The summed E-state index contributed by atoms with van der Waals surface area (Å²) in [7, 11) is 1.84. The van der Waals surface area contributed by atoms with Crippen LogP contribution in [0.1, 0.15) is 52.9 Å². The molecule has 0 spiro atoms. The summed E-state index contributed by atoms with van der Waals surface area (Å²) in [5, 5.41) is 0. The Morgan fingerprint density at radius 3 is 2.43 bits per heavy atom. The Hall–Kier alpha value is -0.300. The maximum Gasteiger partial charge on any atom is 0.0571 e. The van der Waals surface area contributed by atoms with Gasteiger partial charge in [0.15, 0.2) is 0 Å². The molecular weight excluding hydrogens is 172 g/mol. The van der Waals surface area contributed by atoms with E-state index >= 15 is 0 Å². The molecule has 1 fully saturated rings. The average molecular weight is 196 g/mol. The van der Waals surface area contributed by atoms with Crippen LogP contribution in [0.4, 0.5) is 0 Å². The van der Waals surface area contributed by atoms with Crippen LogP contribution in [0.3, 0.4) is 0 Å². The highest BCUT2D eigenvalue weighted by atomic mass is 16.5. The second-order valence-electron chi connectivity index (χ2n) is 5.06. The standard InChI is InChI=1S/C13H24O/c1-5-11(2)10-13(3)8-6-12(14-4)7-9-13/h5,12H,6-10H2,1-4H3/b11-5+. The van der Waals surface area contributed by atoms with Crippen molar-refractivity contribution in [1.82, 2.24) is 0 Å². The minimum Gasteiger partial charge on any atom is -0.381 e. The summed E-state index contributed by atoms with van der Waals surface area (Å²) >= 11 is 0. The van der Waals surface area contributed by atoms with Gasteiger partial charge in [-0.05, 0) is 51.4 Å². The van der Waals surface area contributed by atoms with E-state index in [0.29, 0.717) is 11.5 Å². The lowest BCUT2D eigenvalue weighted by Crippen LogP contribution is -2.28. The fourth-order valence-corrected chi connectivity index (χ4v) is 2.48. The normalized spacial score (nSPS) is 34.6. The lowest BCUT2D eigenvalue weighted by atomic mass is 9.71. The first kappa shape index (κ1) is 11.8. The third-order valence-electron chi connectivity index (χ3n) is 3.67. The van der Waals surface area contributed by atoms with Gasteiger partial charge < -0.3 is 4.74 Å². The van der Waals surface area contributed by atoms with E-state index < -0.39 is 0 Å². The van der Waals surface area contributed by atoms with E-state index in [1.54, 1.807) is 0 Å². The summed E-state index contributed by atoms with van der Waals surface area (Å²) in [5.74, 6) is 0. The molecule has 1 rings (SSSR count). The lowest BCUT2D eigenvalue weighted by Gasteiger charge is -2.37. The van der Waals surface area contributed by atoms with E-state index in [1.807, 2.05) is 7.11 Å². The summed E-state index contributed by atoms with van der Waals surface area (Å²) < 4.78 is 5.40. The number of hydrogen-bond donors (Lipinski definition) is 0. The molecule has 1 aliphatic carbocycles. The Balaban J connectivity index is 2.45. The molecule has 0 N–H and O–H groups in total. The van der Waals surface area contributed by atoms with Crippen LogP contribution in [0.25, 0.3) is 0 Å². The fourth-order valence-electron chi connectivity index (χ4n) is 2.48.